The van der Waals surface area contributed by atoms with Crippen LogP contribution in [0.5, 0.6) is 0 Å². The smallest absolute Gasteiger partial charge is 0.136 e. The van der Waals surface area contributed by atoms with E-state index in [1.165, 1.54) is 0 Å². The van der Waals surface area contributed by atoms with Crippen molar-refractivity contribution in [2.75, 3.05) is 11.9 Å². The van der Waals surface area contributed by atoms with Gasteiger partial charge in [-0.2, -0.15) is 0 Å². The molecule has 2 N–H and O–H groups in total. The highest BCUT2D eigenvalue weighted by Crippen LogP contribution is 2.22. The number of aliphatic hydroxyl groups is 1. The topological polar surface area (TPSA) is 58.3 Å². The number of nitrogens with one attached hydrogen (secondary N) is 1. The Morgan fingerprint density at radius 1 is 1.56 bits per heavy atom. The molecule has 0 aromatic carbocycles. The van der Waals surface area contributed by atoms with Crippen molar-refractivity contribution in [1.82, 2.24) is 4.98 Å². The zero-order valence-electron chi connectivity index (χ0n) is 10.3. The standard InChI is InChI=1S/C13H15BrN2O2/c1-9-6-12(15-7-10(9)14)16-8-13(2,17)11-4-3-5-18-11/h3-7,17H,8H2,1-2H3,(H,15,16). The molecule has 0 bridgehead atoms. The Morgan fingerprint density at radius 2 is 2.33 bits per heavy atom. The van der Waals surface area contributed by atoms with Crippen molar-refractivity contribution >= 4 is 21.7 Å². The fraction of sp³-hybridized carbons (Fsp3) is 0.308. The van der Waals surface area contributed by atoms with Crippen LogP contribution in [0.15, 0.2) is 39.5 Å². The van der Waals surface area contributed by atoms with Crippen molar-refractivity contribution in [3.05, 3.63) is 46.5 Å². The van der Waals surface area contributed by atoms with Gasteiger partial charge >= 0.3 is 0 Å². The lowest BCUT2D eigenvalue weighted by atomic mass is 10.0. The predicted octanol–water partition coefficient (Wildman–Crippen LogP) is 3.07. The Labute approximate surface area is 114 Å². The van der Waals surface area contributed by atoms with Gasteiger partial charge in [0.05, 0.1) is 12.8 Å². The molecule has 0 saturated carbocycles. The molecule has 96 valence electrons. The number of nitrogens with zero attached hydrogens (tertiary/aromatic N) is 1. The molecule has 1 unspecified atom stereocenters. The van der Waals surface area contributed by atoms with E-state index in [2.05, 4.69) is 26.2 Å². The van der Waals surface area contributed by atoms with Gasteiger partial charge in [0.15, 0.2) is 0 Å². The third-order valence-electron chi connectivity index (χ3n) is 2.71. The van der Waals surface area contributed by atoms with E-state index in [4.69, 9.17) is 4.42 Å². The van der Waals surface area contributed by atoms with E-state index in [1.807, 2.05) is 13.0 Å². The van der Waals surface area contributed by atoms with E-state index >= 15 is 0 Å². The average Bonchev–Trinajstić information content (AvgIpc) is 2.85. The Morgan fingerprint density at radius 3 is 2.94 bits per heavy atom. The van der Waals surface area contributed by atoms with Gasteiger partial charge in [0, 0.05) is 10.7 Å². The number of halogens is 1. The second-order valence-corrected chi connectivity index (χ2v) is 5.28. The van der Waals surface area contributed by atoms with Crippen LogP contribution in [-0.4, -0.2) is 16.6 Å². The maximum absolute atomic E-state index is 10.3. The van der Waals surface area contributed by atoms with Crippen LogP contribution in [0.1, 0.15) is 18.2 Å². The summed E-state index contributed by atoms with van der Waals surface area (Å²) >= 11 is 3.40. The minimum atomic E-state index is -1.06. The molecule has 0 fully saturated rings. The first-order valence-electron chi connectivity index (χ1n) is 5.61. The third-order valence-corrected chi connectivity index (χ3v) is 3.54. The Bertz CT molecular complexity index is 524. The highest BCUT2D eigenvalue weighted by molar-refractivity contribution is 9.10. The molecule has 0 saturated heterocycles. The number of aromatic nitrogens is 1. The predicted molar refractivity (Wildman–Crippen MR) is 73.4 cm³/mol. The number of aryl methyl sites for hydroxylation is 1. The summed E-state index contributed by atoms with van der Waals surface area (Å²) in [5.41, 5.74) is 0.0248. The van der Waals surface area contributed by atoms with Gasteiger partial charge in [-0.3, -0.25) is 0 Å². The second kappa shape index (κ2) is 5.12. The minimum absolute atomic E-state index is 0.328. The maximum Gasteiger partial charge on any atom is 0.136 e. The molecule has 18 heavy (non-hydrogen) atoms. The van der Waals surface area contributed by atoms with Crippen LogP contribution >= 0.6 is 15.9 Å². The van der Waals surface area contributed by atoms with Crippen molar-refractivity contribution < 1.29 is 9.52 Å². The van der Waals surface area contributed by atoms with Crippen LogP contribution in [0.3, 0.4) is 0 Å². The first-order valence-corrected chi connectivity index (χ1v) is 6.41. The fourth-order valence-corrected chi connectivity index (χ4v) is 1.79. The number of furan rings is 1. The number of hydrogen-bond donors (Lipinski definition) is 2. The van der Waals surface area contributed by atoms with Crippen LogP contribution in [0.25, 0.3) is 0 Å². The molecular weight excluding hydrogens is 296 g/mol. The Kier molecular flexibility index (Phi) is 3.73. The lowest BCUT2D eigenvalue weighted by molar-refractivity contribution is 0.0476. The molecule has 1 atom stereocenters. The number of anilines is 1. The summed E-state index contributed by atoms with van der Waals surface area (Å²) in [6.45, 7) is 4.01. The van der Waals surface area contributed by atoms with Crippen molar-refractivity contribution in [3.63, 3.8) is 0 Å². The molecule has 2 aromatic heterocycles. The normalized spacial score (nSPS) is 14.2. The minimum Gasteiger partial charge on any atom is -0.466 e. The van der Waals surface area contributed by atoms with Crippen molar-refractivity contribution in [2.24, 2.45) is 0 Å². The van der Waals surface area contributed by atoms with E-state index in [0.717, 1.165) is 15.9 Å². The number of rotatable bonds is 4. The quantitative estimate of drug-likeness (QED) is 0.911. The lowest BCUT2D eigenvalue weighted by Gasteiger charge is -2.21. The van der Waals surface area contributed by atoms with Crippen LogP contribution in [0, 0.1) is 6.92 Å². The SMILES string of the molecule is Cc1cc(NCC(C)(O)c2ccco2)ncc1Br. The van der Waals surface area contributed by atoms with Crippen molar-refractivity contribution in [2.45, 2.75) is 19.4 Å². The highest BCUT2D eigenvalue weighted by Gasteiger charge is 2.25. The molecule has 2 rings (SSSR count). The second-order valence-electron chi connectivity index (χ2n) is 4.42. The van der Waals surface area contributed by atoms with Crippen LogP contribution in [-0.2, 0) is 5.60 Å². The fourth-order valence-electron chi connectivity index (χ4n) is 1.57. The Hall–Kier alpha value is -1.33. The Balaban J connectivity index is 2.05. The summed E-state index contributed by atoms with van der Waals surface area (Å²) in [6.07, 6.45) is 3.28. The van der Waals surface area contributed by atoms with E-state index in [9.17, 15) is 5.11 Å². The van der Waals surface area contributed by atoms with Gasteiger partial charge in [-0.25, -0.2) is 4.98 Å². The van der Waals surface area contributed by atoms with Crippen molar-refractivity contribution in [1.29, 1.82) is 0 Å². The largest absolute Gasteiger partial charge is 0.466 e. The van der Waals surface area contributed by atoms with Crippen LogP contribution in [0.2, 0.25) is 0 Å². The van der Waals surface area contributed by atoms with Gasteiger partial charge < -0.3 is 14.8 Å². The molecule has 2 heterocycles. The number of pyridine rings is 1. The molecule has 4 nitrogen and oxygen atoms in total. The van der Waals surface area contributed by atoms with Gasteiger partial charge in [-0.1, -0.05) is 0 Å². The van der Waals surface area contributed by atoms with E-state index in [1.54, 1.807) is 31.5 Å². The van der Waals surface area contributed by atoms with Crippen LogP contribution in [0.4, 0.5) is 5.82 Å². The average molecular weight is 311 g/mol. The molecule has 0 aliphatic rings. The zero-order chi connectivity index (χ0) is 13.2. The van der Waals surface area contributed by atoms with Crippen molar-refractivity contribution in [3.8, 4) is 0 Å². The first-order chi connectivity index (χ1) is 8.49. The van der Waals surface area contributed by atoms with Gasteiger partial charge in [0.1, 0.15) is 17.2 Å². The third kappa shape index (κ3) is 2.91. The summed E-state index contributed by atoms with van der Waals surface area (Å²) in [7, 11) is 0. The van der Waals surface area contributed by atoms with E-state index < -0.39 is 5.60 Å². The number of hydrogen-bond acceptors (Lipinski definition) is 4. The molecule has 0 aliphatic carbocycles. The molecule has 0 radical (unpaired) electrons. The molecule has 0 aliphatic heterocycles. The summed E-state index contributed by atoms with van der Waals surface area (Å²) in [6, 6.07) is 5.43. The van der Waals surface area contributed by atoms with Gasteiger partial charge in [-0.15, -0.1) is 0 Å². The highest BCUT2D eigenvalue weighted by atomic mass is 79.9. The molecule has 0 amide bonds. The van der Waals surface area contributed by atoms with E-state index in [0.29, 0.717) is 12.3 Å². The summed E-state index contributed by atoms with van der Waals surface area (Å²) in [4.78, 5) is 4.22. The van der Waals surface area contributed by atoms with Gasteiger partial charge in [-0.05, 0) is 53.5 Å². The molecule has 5 heteroatoms. The van der Waals surface area contributed by atoms with Gasteiger partial charge in [0.25, 0.3) is 0 Å². The molecule has 0 spiro atoms. The van der Waals surface area contributed by atoms with E-state index in [-0.39, 0.29) is 0 Å². The summed E-state index contributed by atoms with van der Waals surface area (Å²) < 4.78 is 6.18. The first kappa shape index (κ1) is 13.1. The molecule has 2 aromatic rings. The summed E-state index contributed by atoms with van der Waals surface area (Å²) in [5, 5.41) is 13.4. The monoisotopic (exact) mass is 310 g/mol. The summed E-state index contributed by atoms with van der Waals surface area (Å²) in [5.74, 6) is 1.26. The molecular formula is C13H15BrN2O2. The zero-order valence-corrected chi connectivity index (χ0v) is 11.9. The maximum atomic E-state index is 10.3. The van der Waals surface area contributed by atoms with Crippen LogP contribution < -0.4 is 5.32 Å². The lowest BCUT2D eigenvalue weighted by Crippen LogP contribution is -2.30. The van der Waals surface area contributed by atoms with Gasteiger partial charge in [0.2, 0.25) is 0 Å².